The van der Waals surface area contributed by atoms with E-state index in [4.69, 9.17) is 27.5 Å². The molecule has 0 aliphatic carbocycles. The Kier molecular flexibility index (Phi) is 6.41. The van der Waals surface area contributed by atoms with E-state index in [0.717, 1.165) is 23.7 Å². The van der Waals surface area contributed by atoms with Crippen molar-refractivity contribution < 1.29 is 19.1 Å². The average molecular weight is 368 g/mol. The Morgan fingerprint density at radius 2 is 2.17 bits per heavy atom. The summed E-state index contributed by atoms with van der Waals surface area (Å²) in [6, 6.07) is 3.45. The molecule has 0 N–H and O–H groups in total. The molecular formula is C17H18ClNO4S. The van der Waals surface area contributed by atoms with E-state index in [0.29, 0.717) is 29.5 Å². The van der Waals surface area contributed by atoms with E-state index in [2.05, 4.69) is 5.92 Å². The van der Waals surface area contributed by atoms with Gasteiger partial charge in [0.05, 0.1) is 17.4 Å². The van der Waals surface area contributed by atoms with Crippen LogP contribution in [0.3, 0.4) is 0 Å². The quantitative estimate of drug-likeness (QED) is 0.691. The van der Waals surface area contributed by atoms with E-state index in [9.17, 15) is 9.59 Å². The highest BCUT2D eigenvalue weighted by atomic mass is 35.5. The summed E-state index contributed by atoms with van der Waals surface area (Å²) in [7, 11) is 1.50. The van der Waals surface area contributed by atoms with E-state index in [1.54, 1.807) is 12.1 Å². The molecule has 1 aromatic carbocycles. The molecule has 2 amide bonds. The standard InChI is InChI=1S/C17H18ClNO4S/c1-4-6-19-16(20)14(24-17(19)21)10-11-8-12(18)15(23-7-5-2)13(9-11)22-3/h2,8-9,14H,4,6-7,10H2,1,3H3/t14-/m1/s1. The Morgan fingerprint density at radius 3 is 2.79 bits per heavy atom. The van der Waals surface area contributed by atoms with Crippen LogP contribution in [0, 0.1) is 12.3 Å². The van der Waals surface area contributed by atoms with Crippen molar-refractivity contribution in [3.8, 4) is 23.8 Å². The molecule has 1 heterocycles. The second-order valence-electron chi connectivity index (χ2n) is 5.17. The van der Waals surface area contributed by atoms with E-state index < -0.39 is 5.25 Å². The number of amides is 2. The summed E-state index contributed by atoms with van der Waals surface area (Å²) in [6.45, 7) is 2.45. The van der Waals surface area contributed by atoms with Gasteiger partial charge < -0.3 is 9.47 Å². The molecule has 24 heavy (non-hydrogen) atoms. The number of imide groups is 1. The zero-order valence-corrected chi connectivity index (χ0v) is 15.1. The van der Waals surface area contributed by atoms with E-state index in [1.807, 2.05) is 6.92 Å². The summed E-state index contributed by atoms with van der Waals surface area (Å²) in [4.78, 5) is 25.6. The summed E-state index contributed by atoms with van der Waals surface area (Å²) in [5.41, 5.74) is 0.793. The number of rotatable bonds is 7. The van der Waals surface area contributed by atoms with E-state index >= 15 is 0 Å². The van der Waals surface area contributed by atoms with Crippen molar-refractivity contribution >= 4 is 34.5 Å². The van der Waals surface area contributed by atoms with Crippen molar-refractivity contribution in [2.24, 2.45) is 0 Å². The third kappa shape index (κ3) is 3.97. The highest BCUT2D eigenvalue weighted by Crippen LogP contribution is 2.38. The molecule has 128 valence electrons. The minimum Gasteiger partial charge on any atom is -0.493 e. The monoisotopic (exact) mass is 367 g/mol. The van der Waals surface area contributed by atoms with Crippen molar-refractivity contribution in [1.82, 2.24) is 4.90 Å². The van der Waals surface area contributed by atoms with Gasteiger partial charge in [-0.15, -0.1) is 6.42 Å². The van der Waals surface area contributed by atoms with Gasteiger partial charge in [-0.2, -0.15) is 0 Å². The molecule has 0 unspecified atom stereocenters. The lowest BCUT2D eigenvalue weighted by molar-refractivity contribution is -0.126. The van der Waals surface area contributed by atoms with Gasteiger partial charge in [0.25, 0.3) is 5.24 Å². The second-order valence-corrected chi connectivity index (χ2v) is 6.73. The number of terminal acetylenes is 1. The Labute approximate surface area is 150 Å². The minimum absolute atomic E-state index is 0.0763. The highest BCUT2D eigenvalue weighted by molar-refractivity contribution is 8.15. The van der Waals surface area contributed by atoms with Crippen LogP contribution in [0.25, 0.3) is 0 Å². The molecule has 0 saturated carbocycles. The normalized spacial score (nSPS) is 17.1. The Bertz CT molecular complexity index is 686. The topological polar surface area (TPSA) is 55.8 Å². The first kappa shape index (κ1) is 18.5. The maximum absolute atomic E-state index is 12.3. The number of carbonyl (C=O) groups excluding carboxylic acids is 2. The number of nitrogens with zero attached hydrogens (tertiary/aromatic N) is 1. The largest absolute Gasteiger partial charge is 0.493 e. The third-order valence-electron chi connectivity index (χ3n) is 3.46. The predicted molar refractivity (Wildman–Crippen MR) is 94.8 cm³/mol. The molecule has 1 aromatic rings. The highest BCUT2D eigenvalue weighted by Gasteiger charge is 2.39. The van der Waals surface area contributed by atoms with Crippen LogP contribution < -0.4 is 9.47 Å². The maximum atomic E-state index is 12.3. The molecule has 0 bridgehead atoms. The molecule has 5 nitrogen and oxygen atoms in total. The fourth-order valence-electron chi connectivity index (χ4n) is 2.41. The molecule has 0 radical (unpaired) electrons. The number of thioether (sulfide) groups is 1. The maximum Gasteiger partial charge on any atom is 0.289 e. The zero-order chi connectivity index (χ0) is 17.7. The van der Waals surface area contributed by atoms with Crippen molar-refractivity contribution in [3.63, 3.8) is 0 Å². The van der Waals surface area contributed by atoms with Gasteiger partial charge in [-0.1, -0.05) is 36.2 Å². The number of hydrogen-bond acceptors (Lipinski definition) is 5. The molecule has 0 aromatic heterocycles. The lowest BCUT2D eigenvalue weighted by Crippen LogP contribution is -2.32. The number of methoxy groups -OCH3 is 1. The van der Waals surface area contributed by atoms with E-state index in [-0.39, 0.29) is 17.8 Å². The summed E-state index contributed by atoms with van der Waals surface area (Å²) in [6.07, 6.45) is 6.32. The molecule has 0 spiro atoms. The average Bonchev–Trinajstić information content (AvgIpc) is 2.81. The molecule has 1 saturated heterocycles. The van der Waals surface area contributed by atoms with Crippen molar-refractivity contribution in [2.45, 2.75) is 25.0 Å². The first-order chi connectivity index (χ1) is 11.5. The minimum atomic E-state index is -0.442. The lowest BCUT2D eigenvalue weighted by atomic mass is 10.1. The predicted octanol–water partition coefficient (Wildman–Crippen LogP) is 3.38. The Balaban J connectivity index is 2.19. The van der Waals surface area contributed by atoms with Crippen LogP contribution in [-0.4, -0.2) is 41.6 Å². The van der Waals surface area contributed by atoms with E-state index in [1.165, 1.54) is 12.0 Å². The van der Waals surface area contributed by atoms with Crippen molar-refractivity contribution in [3.05, 3.63) is 22.7 Å². The fourth-order valence-corrected chi connectivity index (χ4v) is 3.76. The summed E-state index contributed by atoms with van der Waals surface area (Å²) in [5.74, 6) is 3.03. The van der Waals surface area contributed by atoms with Crippen LogP contribution in [0.5, 0.6) is 11.5 Å². The molecule has 1 atom stereocenters. The zero-order valence-electron chi connectivity index (χ0n) is 13.5. The lowest BCUT2D eigenvalue weighted by Gasteiger charge is -2.15. The first-order valence-corrected chi connectivity index (χ1v) is 8.72. The Hall–Kier alpha value is -1.84. The molecule has 1 aliphatic heterocycles. The third-order valence-corrected chi connectivity index (χ3v) is 4.82. The number of halogens is 1. The van der Waals surface area contributed by atoms with Gasteiger partial charge in [-0.05, 0) is 30.5 Å². The van der Waals surface area contributed by atoms with Gasteiger partial charge in [0, 0.05) is 6.54 Å². The van der Waals surface area contributed by atoms with Gasteiger partial charge in [-0.3, -0.25) is 14.5 Å². The summed E-state index contributed by atoms with van der Waals surface area (Å²) >= 11 is 7.29. The number of ether oxygens (including phenoxy) is 2. The summed E-state index contributed by atoms with van der Waals surface area (Å²) in [5, 5.41) is -0.284. The van der Waals surface area contributed by atoms with Crippen LogP contribution in [-0.2, 0) is 11.2 Å². The summed E-state index contributed by atoms with van der Waals surface area (Å²) < 4.78 is 10.7. The van der Waals surface area contributed by atoms with Crippen LogP contribution in [0.4, 0.5) is 4.79 Å². The SMILES string of the molecule is C#CCOc1c(Cl)cc(C[C@H]2SC(=O)N(CCC)C2=O)cc1OC. The molecular weight excluding hydrogens is 350 g/mol. The van der Waals surface area contributed by atoms with Crippen LogP contribution in [0.1, 0.15) is 18.9 Å². The smallest absolute Gasteiger partial charge is 0.289 e. The van der Waals surface area contributed by atoms with Gasteiger partial charge in [-0.25, -0.2) is 0 Å². The molecule has 2 rings (SSSR count). The number of carbonyl (C=O) groups is 2. The Morgan fingerprint density at radius 1 is 1.42 bits per heavy atom. The van der Waals surface area contributed by atoms with Crippen LogP contribution in [0.15, 0.2) is 12.1 Å². The van der Waals surface area contributed by atoms with Gasteiger partial charge >= 0.3 is 0 Å². The number of benzene rings is 1. The molecule has 1 aliphatic rings. The van der Waals surface area contributed by atoms with Crippen molar-refractivity contribution in [1.29, 1.82) is 0 Å². The number of hydrogen-bond donors (Lipinski definition) is 0. The van der Waals surface area contributed by atoms with Gasteiger partial charge in [0.15, 0.2) is 11.5 Å². The fraction of sp³-hybridized carbons (Fsp3) is 0.412. The van der Waals surface area contributed by atoms with Gasteiger partial charge in [0.1, 0.15) is 6.61 Å². The molecule has 7 heteroatoms. The van der Waals surface area contributed by atoms with Crippen LogP contribution >= 0.6 is 23.4 Å². The second kappa shape index (κ2) is 8.32. The van der Waals surface area contributed by atoms with Gasteiger partial charge in [0.2, 0.25) is 5.91 Å². The van der Waals surface area contributed by atoms with Crippen LogP contribution in [0.2, 0.25) is 5.02 Å². The van der Waals surface area contributed by atoms with Crippen molar-refractivity contribution in [2.75, 3.05) is 20.3 Å². The molecule has 1 fully saturated rings. The first-order valence-electron chi connectivity index (χ1n) is 7.46.